The Bertz CT molecular complexity index is 486. The van der Waals surface area contributed by atoms with E-state index < -0.39 is 0 Å². The number of carbonyl (C=O) groups excluding carboxylic acids is 2. The van der Waals surface area contributed by atoms with E-state index in [0.29, 0.717) is 11.9 Å². The quantitative estimate of drug-likeness (QED) is 0.474. The summed E-state index contributed by atoms with van der Waals surface area (Å²) >= 11 is 0. The Balaban J connectivity index is 3.18. The number of phenolic OH excluding ortho intramolecular Hbond substituents is 2. The minimum absolute atomic E-state index is 0.0950. The third-order valence-corrected chi connectivity index (χ3v) is 2.45. The topological polar surface area (TPSA) is 74.6 Å². The number of phenols is 2. The molecular weight excluding hydrogens is 220 g/mol. The number of Topliss-reactive ketones (excluding diaryl/α,β-unsaturated/α-hetero) is 1. The molecule has 4 nitrogen and oxygen atoms in total. The van der Waals surface area contributed by atoms with Crippen molar-refractivity contribution in [2.75, 3.05) is 0 Å². The zero-order valence-electron chi connectivity index (χ0n) is 9.73. The maximum Gasteiger partial charge on any atom is 0.163 e. The summed E-state index contributed by atoms with van der Waals surface area (Å²) in [6.07, 6.45) is 2.46. The Hall–Kier alpha value is -2.10. The first-order chi connectivity index (χ1) is 7.97. The standard InChI is InChI=1S/C13H14O4/c1-8(7-14)3-4-11-12(16)6-5-10(9(2)15)13(11)17/h3,5-7,16-17H,4H2,1-2H3. The van der Waals surface area contributed by atoms with Gasteiger partial charge in [0.2, 0.25) is 0 Å². The van der Waals surface area contributed by atoms with E-state index in [1.165, 1.54) is 19.1 Å². The minimum Gasteiger partial charge on any atom is -0.508 e. The highest BCUT2D eigenvalue weighted by Crippen LogP contribution is 2.31. The van der Waals surface area contributed by atoms with Crippen LogP contribution in [0.25, 0.3) is 0 Å². The molecule has 1 rings (SSSR count). The van der Waals surface area contributed by atoms with Crippen LogP contribution in [0, 0.1) is 0 Å². The van der Waals surface area contributed by atoms with Gasteiger partial charge in [-0.25, -0.2) is 0 Å². The molecule has 0 fully saturated rings. The number of carbonyl (C=O) groups is 2. The van der Waals surface area contributed by atoms with E-state index in [4.69, 9.17) is 0 Å². The Morgan fingerprint density at radius 3 is 2.47 bits per heavy atom. The fraction of sp³-hybridized carbons (Fsp3) is 0.231. The van der Waals surface area contributed by atoms with Crippen molar-refractivity contribution < 1.29 is 19.8 Å². The van der Waals surface area contributed by atoms with Gasteiger partial charge in [0.1, 0.15) is 17.8 Å². The molecule has 17 heavy (non-hydrogen) atoms. The molecule has 0 bridgehead atoms. The highest BCUT2D eigenvalue weighted by Gasteiger charge is 2.13. The maximum absolute atomic E-state index is 11.2. The highest BCUT2D eigenvalue weighted by molar-refractivity contribution is 5.97. The van der Waals surface area contributed by atoms with Crippen molar-refractivity contribution in [1.82, 2.24) is 0 Å². The van der Waals surface area contributed by atoms with Crippen LogP contribution in [0.4, 0.5) is 0 Å². The van der Waals surface area contributed by atoms with Crippen molar-refractivity contribution in [3.8, 4) is 11.5 Å². The lowest BCUT2D eigenvalue weighted by atomic mass is 10.0. The van der Waals surface area contributed by atoms with Gasteiger partial charge in [-0.3, -0.25) is 9.59 Å². The van der Waals surface area contributed by atoms with Crippen LogP contribution in [0.5, 0.6) is 11.5 Å². The van der Waals surface area contributed by atoms with Crippen LogP contribution in [0.15, 0.2) is 23.8 Å². The molecule has 0 radical (unpaired) electrons. The van der Waals surface area contributed by atoms with Crippen LogP contribution < -0.4 is 0 Å². The second-order valence-corrected chi connectivity index (χ2v) is 3.79. The van der Waals surface area contributed by atoms with Crippen LogP contribution >= 0.6 is 0 Å². The number of aldehydes is 1. The summed E-state index contributed by atoms with van der Waals surface area (Å²) in [5.74, 6) is -0.602. The zero-order chi connectivity index (χ0) is 13.0. The summed E-state index contributed by atoms with van der Waals surface area (Å²) in [6, 6.07) is 2.72. The number of rotatable bonds is 4. The van der Waals surface area contributed by atoms with Crippen molar-refractivity contribution >= 4 is 12.1 Å². The average Bonchev–Trinajstić information content (AvgIpc) is 2.27. The molecule has 4 heteroatoms. The normalized spacial score (nSPS) is 11.3. The molecule has 0 aliphatic heterocycles. The Morgan fingerprint density at radius 2 is 1.94 bits per heavy atom. The van der Waals surface area contributed by atoms with E-state index in [-0.39, 0.29) is 34.8 Å². The fourth-order valence-corrected chi connectivity index (χ4v) is 1.42. The molecule has 0 amide bonds. The second-order valence-electron chi connectivity index (χ2n) is 3.79. The number of ketones is 1. The first-order valence-electron chi connectivity index (χ1n) is 5.14. The first-order valence-corrected chi connectivity index (χ1v) is 5.14. The van der Waals surface area contributed by atoms with Gasteiger partial charge in [-0.15, -0.1) is 0 Å². The number of benzene rings is 1. The molecule has 0 saturated carbocycles. The molecule has 0 unspecified atom stereocenters. The number of hydrogen-bond acceptors (Lipinski definition) is 4. The summed E-state index contributed by atoms with van der Waals surface area (Å²) in [6.45, 7) is 2.96. The molecule has 0 aliphatic rings. The van der Waals surface area contributed by atoms with Gasteiger partial charge in [0, 0.05) is 5.56 Å². The van der Waals surface area contributed by atoms with E-state index in [9.17, 15) is 19.8 Å². The van der Waals surface area contributed by atoms with Gasteiger partial charge in [0.15, 0.2) is 5.78 Å². The lowest BCUT2D eigenvalue weighted by molar-refractivity contribution is -0.104. The maximum atomic E-state index is 11.2. The molecule has 1 aromatic rings. The van der Waals surface area contributed by atoms with E-state index >= 15 is 0 Å². The van der Waals surface area contributed by atoms with Crippen LogP contribution in [-0.4, -0.2) is 22.3 Å². The predicted molar refractivity (Wildman–Crippen MR) is 63.3 cm³/mol. The Labute approximate surface area is 99.2 Å². The van der Waals surface area contributed by atoms with E-state index in [1.54, 1.807) is 13.0 Å². The summed E-state index contributed by atoms with van der Waals surface area (Å²) in [4.78, 5) is 21.6. The summed E-state index contributed by atoms with van der Waals surface area (Å²) in [5.41, 5.74) is 0.908. The second kappa shape index (κ2) is 5.30. The smallest absolute Gasteiger partial charge is 0.163 e. The van der Waals surface area contributed by atoms with Gasteiger partial charge < -0.3 is 10.2 Å². The van der Waals surface area contributed by atoms with Crippen molar-refractivity contribution in [3.63, 3.8) is 0 Å². The third kappa shape index (κ3) is 2.93. The first kappa shape index (κ1) is 13.0. The van der Waals surface area contributed by atoms with Gasteiger partial charge in [0.25, 0.3) is 0 Å². The third-order valence-electron chi connectivity index (χ3n) is 2.45. The summed E-state index contributed by atoms with van der Waals surface area (Å²) in [5, 5.41) is 19.4. The van der Waals surface area contributed by atoms with Crippen LogP contribution in [0.2, 0.25) is 0 Å². The molecule has 0 atom stereocenters. The number of aromatic hydroxyl groups is 2. The lowest BCUT2D eigenvalue weighted by Crippen LogP contribution is -1.96. The monoisotopic (exact) mass is 234 g/mol. The molecule has 2 N–H and O–H groups in total. The molecular formula is C13H14O4. The van der Waals surface area contributed by atoms with Crippen LogP contribution in [-0.2, 0) is 11.2 Å². The minimum atomic E-state index is -0.278. The molecule has 0 aliphatic carbocycles. The largest absolute Gasteiger partial charge is 0.508 e. The number of hydrogen-bond donors (Lipinski definition) is 2. The summed E-state index contributed by atoms with van der Waals surface area (Å²) in [7, 11) is 0. The van der Waals surface area contributed by atoms with Gasteiger partial charge in [-0.2, -0.15) is 0 Å². The van der Waals surface area contributed by atoms with Crippen molar-refractivity contribution in [2.24, 2.45) is 0 Å². The average molecular weight is 234 g/mol. The van der Waals surface area contributed by atoms with Gasteiger partial charge >= 0.3 is 0 Å². The van der Waals surface area contributed by atoms with Gasteiger partial charge in [0.05, 0.1) is 5.56 Å². The zero-order valence-corrected chi connectivity index (χ0v) is 9.73. The van der Waals surface area contributed by atoms with Crippen molar-refractivity contribution in [2.45, 2.75) is 20.3 Å². The molecule has 0 spiro atoms. The fourth-order valence-electron chi connectivity index (χ4n) is 1.42. The predicted octanol–water partition coefficient (Wildman–Crippen LogP) is 1.99. The van der Waals surface area contributed by atoms with E-state index in [2.05, 4.69) is 0 Å². The molecule has 90 valence electrons. The number of allylic oxidation sites excluding steroid dienone is 2. The van der Waals surface area contributed by atoms with E-state index in [1.807, 2.05) is 0 Å². The van der Waals surface area contributed by atoms with Crippen molar-refractivity contribution in [1.29, 1.82) is 0 Å². The molecule has 0 heterocycles. The highest BCUT2D eigenvalue weighted by atomic mass is 16.3. The molecule has 0 aromatic heterocycles. The summed E-state index contributed by atoms with van der Waals surface area (Å²) < 4.78 is 0. The van der Waals surface area contributed by atoms with Crippen molar-refractivity contribution in [3.05, 3.63) is 34.9 Å². The molecule has 0 saturated heterocycles. The van der Waals surface area contributed by atoms with Crippen LogP contribution in [0.3, 0.4) is 0 Å². The van der Waals surface area contributed by atoms with Gasteiger partial charge in [-0.1, -0.05) is 6.08 Å². The molecule has 1 aromatic carbocycles. The Morgan fingerprint density at radius 1 is 1.29 bits per heavy atom. The SMILES string of the molecule is CC(=O)c1ccc(O)c(CC=C(C)C=O)c1O. The van der Waals surface area contributed by atoms with Crippen LogP contribution in [0.1, 0.15) is 29.8 Å². The Kier molecular flexibility index (Phi) is 4.04. The van der Waals surface area contributed by atoms with Gasteiger partial charge in [-0.05, 0) is 38.0 Å². The lowest BCUT2D eigenvalue weighted by Gasteiger charge is -2.08. The van der Waals surface area contributed by atoms with E-state index in [0.717, 1.165) is 0 Å².